The van der Waals surface area contributed by atoms with Crippen LogP contribution < -0.4 is 11.3 Å². The molecule has 2 rings (SSSR count). The minimum absolute atomic E-state index is 0.0298. The molecule has 4 N–H and O–H groups in total. The Balaban J connectivity index is 2.20. The topological polar surface area (TPSA) is 95.7 Å². The zero-order valence-corrected chi connectivity index (χ0v) is 11.4. The molecule has 0 radical (unpaired) electrons. The van der Waals surface area contributed by atoms with Gasteiger partial charge in [0.15, 0.2) is 0 Å². The lowest BCUT2D eigenvalue weighted by Crippen LogP contribution is -2.40. The zero-order valence-electron chi connectivity index (χ0n) is 10.6. The van der Waals surface area contributed by atoms with E-state index in [0.717, 1.165) is 12.8 Å². The first kappa shape index (κ1) is 14.3. The monoisotopic (exact) mass is 285 g/mol. The first-order chi connectivity index (χ1) is 9.07. The Labute approximate surface area is 113 Å². The lowest BCUT2D eigenvalue weighted by atomic mass is 10.0. The highest BCUT2D eigenvalue weighted by molar-refractivity contribution is 7.89. The number of aliphatic hydroxyl groups excluding tert-OH is 1. The van der Waals surface area contributed by atoms with Gasteiger partial charge in [-0.15, -0.1) is 0 Å². The number of nitrogens with two attached hydrogens (primary N) is 1. The number of piperidine rings is 1. The summed E-state index contributed by atoms with van der Waals surface area (Å²) in [6.07, 6.45) is 1.66. The van der Waals surface area contributed by atoms with Crippen molar-refractivity contribution in [3.05, 3.63) is 24.3 Å². The summed E-state index contributed by atoms with van der Waals surface area (Å²) in [4.78, 5) is 0.255. The van der Waals surface area contributed by atoms with E-state index in [1.807, 2.05) is 0 Å². The summed E-state index contributed by atoms with van der Waals surface area (Å²) in [5.41, 5.74) is 3.12. The third-order valence-electron chi connectivity index (χ3n) is 3.40. The summed E-state index contributed by atoms with van der Waals surface area (Å²) in [5.74, 6) is 5.29. The molecule has 1 atom stereocenters. The van der Waals surface area contributed by atoms with E-state index < -0.39 is 10.0 Å². The molecule has 1 heterocycles. The maximum Gasteiger partial charge on any atom is 0.243 e. The molecule has 106 valence electrons. The minimum Gasteiger partial charge on any atom is -0.396 e. The lowest BCUT2D eigenvalue weighted by Gasteiger charge is -2.30. The van der Waals surface area contributed by atoms with Crippen LogP contribution in [0.15, 0.2) is 29.2 Å². The Morgan fingerprint density at radius 2 is 2.05 bits per heavy atom. The number of anilines is 1. The van der Waals surface area contributed by atoms with Gasteiger partial charge in [-0.2, -0.15) is 4.31 Å². The molecule has 1 aliphatic heterocycles. The average Bonchev–Trinajstić information content (AvgIpc) is 2.47. The van der Waals surface area contributed by atoms with Crippen LogP contribution in [0.5, 0.6) is 0 Å². The quantitative estimate of drug-likeness (QED) is 0.548. The van der Waals surface area contributed by atoms with Crippen LogP contribution in [0.2, 0.25) is 0 Å². The fraction of sp³-hybridized carbons (Fsp3) is 0.500. The SMILES string of the molecule is NNc1ccc(S(=O)(=O)N2CCCC(CO)C2)cc1. The molecule has 19 heavy (non-hydrogen) atoms. The smallest absolute Gasteiger partial charge is 0.243 e. The molecule has 1 aromatic rings. The van der Waals surface area contributed by atoms with Gasteiger partial charge < -0.3 is 10.5 Å². The highest BCUT2D eigenvalue weighted by atomic mass is 32.2. The van der Waals surface area contributed by atoms with Gasteiger partial charge in [0, 0.05) is 25.4 Å². The molecule has 0 amide bonds. The zero-order chi connectivity index (χ0) is 13.9. The van der Waals surface area contributed by atoms with Crippen LogP contribution in [0.3, 0.4) is 0 Å². The summed E-state index contributed by atoms with van der Waals surface area (Å²) in [7, 11) is -3.48. The van der Waals surface area contributed by atoms with Crippen molar-refractivity contribution in [3.63, 3.8) is 0 Å². The fourth-order valence-corrected chi connectivity index (χ4v) is 3.82. The van der Waals surface area contributed by atoms with Crippen molar-refractivity contribution in [2.45, 2.75) is 17.7 Å². The second-order valence-electron chi connectivity index (χ2n) is 4.72. The number of hydrogen-bond acceptors (Lipinski definition) is 5. The third-order valence-corrected chi connectivity index (χ3v) is 5.28. The largest absolute Gasteiger partial charge is 0.396 e. The van der Waals surface area contributed by atoms with Gasteiger partial charge in [0.1, 0.15) is 0 Å². The molecule has 0 bridgehead atoms. The molecule has 6 nitrogen and oxygen atoms in total. The number of nitrogens with zero attached hydrogens (tertiary/aromatic N) is 1. The number of sulfonamides is 1. The minimum atomic E-state index is -3.48. The standard InChI is InChI=1S/C12H19N3O3S/c13-14-11-3-5-12(6-4-11)19(17,18)15-7-1-2-10(8-15)9-16/h3-6,10,14,16H,1-2,7-9,13H2. The van der Waals surface area contributed by atoms with Crippen LogP contribution in [-0.4, -0.2) is 37.5 Å². The van der Waals surface area contributed by atoms with E-state index in [4.69, 9.17) is 10.9 Å². The van der Waals surface area contributed by atoms with Crippen molar-refractivity contribution in [3.8, 4) is 0 Å². The first-order valence-corrected chi connectivity index (χ1v) is 7.69. The maximum atomic E-state index is 12.4. The molecule has 1 aromatic carbocycles. The molecule has 1 unspecified atom stereocenters. The molecule has 1 aliphatic rings. The van der Waals surface area contributed by atoms with Gasteiger partial charge in [-0.25, -0.2) is 8.42 Å². The summed E-state index contributed by atoms with van der Waals surface area (Å²) in [6.45, 7) is 0.924. The Morgan fingerprint density at radius 3 is 2.63 bits per heavy atom. The fourth-order valence-electron chi connectivity index (χ4n) is 2.27. The van der Waals surface area contributed by atoms with Crippen molar-refractivity contribution < 1.29 is 13.5 Å². The average molecular weight is 285 g/mol. The molecular formula is C12H19N3O3S. The number of benzene rings is 1. The second-order valence-corrected chi connectivity index (χ2v) is 6.66. The predicted molar refractivity (Wildman–Crippen MR) is 72.8 cm³/mol. The van der Waals surface area contributed by atoms with E-state index in [0.29, 0.717) is 18.8 Å². The highest BCUT2D eigenvalue weighted by Gasteiger charge is 2.29. The van der Waals surface area contributed by atoms with Crippen LogP contribution in [0.4, 0.5) is 5.69 Å². The molecule has 1 fully saturated rings. The van der Waals surface area contributed by atoms with Crippen molar-refractivity contribution in [1.82, 2.24) is 4.31 Å². The van der Waals surface area contributed by atoms with Crippen LogP contribution in [0, 0.1) is 5.92 Å². The summed E-state index contributed by atoms with van der Waals surface area (Å²) < 4.78 is 26.3. The third kappa shape index (κ3) is 3.06. The van der Waals surface area contributed by atoms with Crippen LogP contribution in [-0.2, 0) is 10.0 Å². The predicted octanol–water partition coefficient (Wildman–Crippen LogP) is 0.365. The summed E-state index contributed by atoms with van der Waals surface area (Å²) in [5, 5.41) is 9.17. The van der Waals surface area contributed by atoms with Crippen molar-refractivity contribution in [2.24, 2.45) is 11.8 Å². The second kappa shape index (κ2) is 5.87. The molecule has 0 aromatic heterocycles. The Hall–Kier alpha value is -1.15. The molecular weight excluding hydrogens is 266 g/mol. The number of hydrazine groups is 1. The van der Waals surface area contributed by atoms with E-state index in [2.05, 4.69) is 5.43 Å². The van der Waals surface area contributed by atoms with Crippen LogP contribution in [0.1, 0.15) is 12.8 Å². The molecule has 0 aliphatic carbocycles. The van der Waals surface area contributed by atoms with Gasteiger partial charge in [-0.3, -0.25) is 5.84 Å². The van der Waals surface area contributed by atoms with Gasteiger partial charge >= 0.3 is 0 Å². The first-order valence-electron chi connectivity index (χ1n) is 6.25. The summed E-state index contributed by atoms with van der Waals surface area (Å²) >= 11 is 0. The van der Waals surface area contributed by atoms with Crippen molar-refractivity contribution in [1.29, 1.82) is 0 Å². The van der Waals surface area contributed by atoms with E-state index in [-0.39, 0.29) is 17.4 Å². The molecule has 7 heteroatoms. The van der Waals surface area contributed by atoms with Gasteiger partial charge in [0.05, 0.1) is 4.90 Å². The number of aliphatic hydroxyl groups is 1. The van der Waals surface area contributed by atoms with Crippen LogP contribution >= 0.6 is 0 Å². The highest BCUT2D eigenvalue weighted by Crippen LogP contribution is 2.24. The van der Waals surface area contributed by atoms with Gasteiger partial charge in [0.25, 0.3) is 0 Å². The normalized spacial score (nSPS) is 21.3. The van der Waals surface area contributed by atoms with E-state index >= 15 is 0 Å². The number of nitrogens with one attached hydrogen (secondary N) is 1. The van der Waals surface area contributed by atoms with E-state index in [9.17, 15) is 8.42 Å². The molecule has 1 saturated heterocycles. The lowest BCUT2D eigenvalue weighted by molar-refractivity contribution is 0.165. The van der Waals surface area contributed by atoms with Gasteiger partial charge in [-0.05, 0) is 43.0 Å². The van der Waals surface area contributed by atoms with Gasteiger partial charge in [0.2, 0.25) is 10.0 Å². The van der Waals surface area contributed by atoms with Crippen LogP contribution in [0.25, 0.3) is 0 Å². The van der Waals surface area contributed by atoms with Crippen molar-refractivity contribution >= 4 is 15.7 Å². The molecule has 0 saturated carbocycles. The molecule has 0 spiro atoms. The van der Waals surface area contributed by atoms with E-state index in [1.54, 1.807) is 12.1 Å². The number of rotatable bonds is 4. The Kier molecular flexibility index (Phi) is 4.41. The number of nitrogen functional groups attached to an aromatic ring is 1. The summed E-state index contributed by atoms with van der Waals surface area (Å²) in [6, 6.07) is 6.32. The van der Waals surface area contributed by atoms with Crippen molar-refractivity contribution in [2.75, 3.05) is 25.1 Å². The maximum absolute atomic E-state index is 12.4. The van der Waals surface area contributed by atoms with Gasteiger partial charge in [-0.1, -0.05) is 0 Å². The Bertz CT molecular complexity index is 516. The van der Waals surface area contributed by atoms with E-state index in [1.165, 1.54) is 16.4 Å². The number of hydrogen-bond donors (Lipinski definition) is 3. The Morgan fingerprint density at radius 1 is 1.37 bits per heavy atom.